The third-order valence-corrected chi connectivity index (χ3v) is 3.11. The highest BCUT2D eigenvalue weighted by atomic mass is 16.5. The second-order valence-electron chi connectivity index (χ2n) is 4.27. The van der Waals surface area contributed by atoms with Gasteiger partial charge in [-0.05, 0) is 19.1 Å². The fraction of sp³-hybridized carbons (Fsp3) is 0.333. The Kier molecular flexibility index (Phi) is 4.00. The predicted octanol–water partition coefficient (Wildman–Crippen LogP) is 3.06. The summed E-state index contributed by atoms with van der Waals surface area (Å²) in [5.74, 6) is 2.53. The fourth-order valence-corrected chi connectivity index (χ4v) is 2.07. The lowest BCUT2D eigenvalue weighted by atomic mass is 10.1. The van der Waals surface area contributed by atoms with Crippen LogP contribution in [0.2, 0.25) is 0 Å². The number of hydrogen-bond acceptors (Lipinski definition) is 4. The Morgan fingerprint density at radius 1 is 1.21 bits per heavy atom. The first-order valence-corrected chi connectivity index (χ1v) is 6.39. The molecule has 0 fully saturated rings. The van der Waals surface area contributed by atoms with Crippen molar-refractivity contribution in [2.24, 2.45) is 0 Å². The quantitative estimate of drug-likeness (QED) is 0.914. The fourth-order valence-electron chi connectivity index (χ4n) is 2.07. The van der Waals surface area contributed by atoms with Gasteiger partial charge in [0.25, 0.3) is 0 Å². The summed E-state index contributed by atoms with van der Waals surface area (Å²) in [6.45, 7) is 4.07. The summed E-state index contributed by atoms with van der Waals surface area (Å²) >= 11 is 0. The number of rotatable bonds is 4. The lowest BCUT2D eigenvalue weighted by molar-refractivity contribution is 0.416. The van der Waals surface area contributed by atoms with E-state index in [1.54, 1.807) is 7.11 Å². The third-order valence-electron chi connectivity index (χ3n) is 3.11. The maximum absolute atomic E-state index is 5.42. The molecular weight excluding hydrogens is 238 g/mol. The molecular formula is C15H19N3O. The van der Waals surface area contributed by atoms with Crippen LogP contribution < -0.4 is 10.1 Å². The van der Waals surface area contributed by atoms with Crippen molar-refractivity contribution in [3.63, 3.8) is 0 Å². The molecule has 0 bridgehead atoms. The zero-order valence-corrected chi connectivity index (χ0v) is 11.8. The molecule has 2 aromatic rings. The minimum Gasteiger partial charge on any atom is -0.496 e. The standard InChI is InChI=1S/C15H19N3O/c1-5-13-17-14(10(2)15(16-3)18-13)11-8-6-7-9-12(11)19-4/h6-9H,5H2,1-4H3,(H,16,17,18). The van der Waals surface area contributed by atoms with E-state index in [9.17, 15) is 0 Å². The Morgan fingerprint density at radius 2 is 1.95 bits per heavy atom. The normalized spacial score (nSPS) is 10.3. The van der Waals surface area contributed by atoms with Crippen LogP contribution in [0.4, 0.5) is 5.82 Å². The second-order valence-corrected chi connectivity index (χ2v) is 4.27. The van der Waals surface area contributed by atoms with E-state index >= 15 is 0 Å². The molecule has 19 heavy (non-hydrogen) atoms. The summed E-state index contributed by atoms with van der Waals surface area (Å²) in [5.41, 5.74) is 2.95. The predicted molar refractivity (Wildman–Crippen MR) is 77.7 cm³/mol. The lowest BCUT2D eigenvalue weighted by Gasteiger charge is -2.14. The van der Waals surface area contributed by atoms with Gasteiger partial charge in [0.1, 0.15) is 17.4 Å². The number of nitrogens with zero attached hydrogens (tertiary/aromatic N) is 2. The number of ether oxygens (including phenoxy) is 1. The summed E-state index contributed by atoms with van der Waals surface area (Å²) < 4.78 is 5.42. The van der Waals surface area contributed by atoms with Crippen LogP contribution >= 0.6 is 0 Å². The average Bonchev–Trinajstić information content (AvgIpc) is 2.47. The van der Waals surface area contributed by atoms with Crippen LogP contribution in [0.25, 0.3) is 11.3 Å². The minimum atomic E-state index is 0.803. The Labute approximate surface area is 113 Å². The maximum Gasteiger partial charge on any atom is 0.133 e. The average molecular weight is 257 g/mol. The van der Waals surface area contributed by atoms with Gasteiger partial charge in [-0.25, -0.2) is 9.97 Å². The highest BCUT2D eigenvalue weighted by Crippen LogP contribution is 2.32. The van der Waals surface area contributed by atoms with Gasteiger partial charge in [0.2, 0.25) is 0 Å². The Bertz CT molecular complexity index is 582. The summed E-state index contributed by atoms with van der Waals surface area (Å²) in [4.78, 5) is 9.14. The van der Waals surface area contributed by atoms with Gasteiger partial charge in [-0.3, -0.25) is 0 Å². The lowest BCUT2D eigenvalue weighted by Crippen LogP contribution is -2.05. The van der Waals surface area contributed by atoms with E-state index in [1.807, 2.05) is 38.2 Å². The van der Waals surface area contributed by atoms with Gasteiger partial charge in [0.15, 0.2) is 0 Å². The molecule has 0 aliphatic heterocycles. The first-order chi connectivity index (χ1) is 9.21. The Balaban J connectivity index is 2.67. The SMILES string of the molecule is CCc1nc(NC)c(C)c(-c2ccccc2OC)n1. The van der Waals surface area contributed by atoms with Crippen LogP contribution in [0.5, 0.6) is 5.75 Å². The molecule has 4 heteroatoms. The van der Waals surface area contributed by atoms with Crippen molar-refractivity contribution < 1.29 is 4.74 Å². The van der Waals surface area contributed by atoms with Crippen LogP contribution in [0.3, 0.4) is 0 Å². The molecule has 0 saturated carbocycles. The molecule has 100 valence electrons. The molecule has 0 amide bonds. The molecule has 0 unspecified atom stereocenters. The van der Waals surface area contributed by atoms with Crippen LogP contribution in [0.1, 0.15) is 18.3 Å². The van der Waals surface area contributed by atoms with Crippen molar-refractivity contribution in [3.8, 4) is 17.0 Å². The van der Waals surface area contributed by atoms with Gasteiger partial charge in [-0.2, -0.15) is 0 Å². The molecule has 0 aliphatic rings. The molecule has 0 atom stereocenters. The van der Waals surface area contributed by atoms with Crippen molar-refractivity contribution in [2.45, 2.75) is 20.3 Å². The van der Waals surface area contributed by atoms with E-state index in [0.717, 1.165) is 40.6 Å². The van der Waals surface area contributed by atoms with E-state index in [0.29, 0.717) is 0 Å². The number of hydrogen-bond donors (Lipinski definition) is 1. The van der Waals surface area contributed by atoms with Crippen molar-refractivity contribution in [2.75, 3.05) is 19.5 Å². The van der Waals surface area contributed by atoms with Crippen molar-refractivity contribution in [1.82, 2.24) is 9.97 Å². The number of methoxy groups -OCH3 is 1. The van der Waals surface area contributed by atoms with Gasteiger partial charge >= 0.3 is 0 Å². The molecule has 0 saturated heterocycles. The van der Waals surface area contributed by atoms with E-state index in [1.165, 1.54) is 0 Å². The van der Waals surface area contributed by atoms with Crippen molar-refractivity contribution in [3.05, 3.63) is 35.7 Å². The molecule has 0 radical (unpaired) electrons. The Hall–Kier alpha value is -2.10. The summed E-state index contributed by atoms with van der Waals surface area (Å²) in [5, 5.41) is 3.13. The van der Waals surface area contributed by atoms with Crippen molar-refractivity contribution in [1.29, 1.82) is 0 Å². The number of aromatic nitrogens is 2. The monoisotopic (exact) mass is 257 g/mol. The number of nitrogens with one attached hydrogen (secondary N) is 1. The second kappa shape index (κ2) is 5.69. The topological polar surface area (TPSA) is 47.0 Å². The number of benzene rings is 1. The van der Waals surface area contributed by atoms with Gasteiger partial charge < -0.3 is 10.1 Å². The molecule has 1 aromatic heterocycles. The largest absolute Gasteiger partial charge is 0.496 e. The molecule has 2 rings (SSSR count). The maximum atomic E-state index is 5.42. The smallest absolute Gasteiger partial charge is 0.133 e. The molecule has 0 spiro atoms. The molecule has 1 heterocycles. The van der Waals surface area contributed by atoms with Crippen LogP contribution in [0.15, 0.2) is 24.3 Å². The van der Waals surface area contributed by atoms with E-state index in [2.05, 4.69) is 22.2 Å². The van der Waals surface area contributed by atoms with Crippen LogP contribution in [-0.2, 0) is 6.42 Å². The summed E-state index contributed by atoms with van der Waals surface area (Å²) in [6.07, 6.45) is 0.803. The minimum absolute atomic E-state index is 0.803. The molecule has 1 aromatic carbocycles. The summed E-state index contributed by atoms with van der Waals surface area (Å²) in [6, 6.07) is 7.91. The van der Waals surface area contributed by atoms with Gasteiger partial charge in [0, 0.05) is 24.6 Å². The van der Waals surface area contributed by atoms with E-state index in [4.69, 9.17) is 4.74 Å². The van der Waals surface area contributed by atoms with Gasteiger partial charge in [-0.1, -0.05) is 19.1 Å². The zero-order valence-electron chi connectivity index (χ0n) is 11.8. The first-order valence-electron chi connectivity index (χ1n) is 6.39. The molecule has 4 nitrogen and oxygen atoms in total. The number of aryl methyl sites for hydroxylation is 1. The number of para-hydroxylation sites is 1. The zero-order chi connectivity index (χ0) is 13.8. The first kappa shape index (κ1) is 13.3. The highest BCUT2D eigenvalue weighted by Gasteiger charge is 2.14. The molecule has 0 aliphatic carbocycles. The van der Waals surface area contributed by atoms with Gasteiger partial charge in [-0.15, -0.1) is 0 Å². The van der Waals surface area contributed by atoms with Crippen LogP contribution in [-0.4, -0.2) is 24.1 Å². The third kappa shape index (κ3) is 2.52. The highest BCUT2D eigenvalue weighted by molar-refractivity contribution is 5.73. The molecule has 1 N–H and O–H groups in total. The summed E-state index contributed by atoms with van der Waals surface area (Å²) in [7, 11) is 3.55. The Morgan fingerprint density at radius 3 is 2.58 bits per heavy atom. The van der Waals surface area contributed by atoms with Gasteiger partial charge in [0.05, 0.1) is 12.8 Å². The van der Waals surface area contributed by atoms with Crippen molar-refractivity contribution >= 4 is 5.82 Å². The van der Waals surface area contributed by atoms with E-state index in [-0.39, 0.29) is 0 Å². The number of anilines is 1. The van der Waals surface area contributed by atoms with E-state index < -0.39 is 0 Å². The van der Waals surface area contributed by atoms with Crippen LogP contribution in [0, 0.1) is 6.92 Å².